The lowest BCUT2D eigenvalue weighted by molar-refractivity contribution is 0.145. The third kappa shape index (κ3) is 3.82. The topological polar surface area (TPSA) is 105 Å². The molecule has 28 heavy (non-hydrogen) atoms. The van der Waals surface area contributed by atoms with E-state index in [4.69, 9.17) is 0 Å². The average molecular weight is 410 g/mol. The standard InChI is InChI=1S/C17H20F2N6O2S/c1-24(11-6-4-3-5-7-11)17-12(10-20)15(16(18)19)23-25(17)13-8-9-14(22-21-13)28(2,26)27/h8-9,11,16H,3-7H2,1-2H3. The minimum Gasteiger partial charge on any atom is -0.355 e. The Balaban J connectivity index is 2.13. The summed E-state index contributed by atoms with van der Waals surface area (Å²) in [6.07, 6.45) is 3.00. The van der Waals surface area contributed by atoms with Crippen molar-refractivity contribution in [2.45, 2.75) is 49.6 Å². The highest BCUT2D eigenvalue weighted by Gasteiger charge is 2.31. The molecule has 1 aliphatic rings. The molecule has 0 N–H and O–H groups in total. The van der Waals surface area contributed by atoms with Gasteiger partial charge in [-0.15, -0.1) is 10.2 Å². The van der Waals surface area contributed by atoms with Gasteiger partial charge in [0.15, 0.2) is 26.5 Å². The Hall–Kier alpha value is -2.61. The predicted octanol–water partition coefficient (Wildman–Crippen LogP) is 2.64. The maximum absolute atomic E-state index is 13.5. The summed E-state index contributed by atoms with van der Waals surface area (Å²) < 4.78 is 51.3. The van der Waals surface area contributed by atoms with Crippen LogP contribution >= 0.6 is 0 Å². The van der Waals surface area contributed by atoms with E-state index in [1.165, 1.54) is 12.1 Å². The normalized spacial score (nSPS) is 15.6. The van der Waals surface area contributed by atoms with Crippen LogP contribution in [0.15, 0.2) is 17.2 Å². The Morgan fingerprint density at radius 3 is 2.43 bits per heavy atom. The average Bonchev–Trinajstić information content (AvgIpc) is 3.07. The first-order valence-electron chi connectivity index (χ1n) is 8.82. The van der Waals surface area contributed by atoms with Crippen molar-refractivity contribution >= 4 is 15.7 Å². The molecule has 0 unspecified atom stereocenters. The Kier molecular flexibility index (Phi) is 5.60. The monoisotopic (exact) mass is 410 g/mol. The molecule has 0 amide bonds. The van der Waals surface area contributed by atoms with Gasteiger partial charge in [0, 0.05) is 19.3 Å². The first-order valence-corrected chi connectivity index (χ1v) is 10.7. The SMILES string of the molecule is CN(c1c(C#N)c(C(F)F)nn1-c1ccc(S(C)(=O)=O)nn1)C1CCCCC1. The van der Waals surface area contributed by atoms with Crippen LogP contribution in [0.4, 0.5) is 14.6 Å². The number of rotatable bonds is 5. The molecule has 0 radical (unpaired) electrons. The lowest BCUT2D eigenvalue weighted by atomic mass is 9.94. The molecule has 1 aliphatic carbocycles. The molecule has 0 atom stereocenters. The van der Waals surface area contributed by atoms with Gasteiger partial charge in [0.05, 0.1) is 0 Å². The Morgan fingerprint density at radius 2 is 1.93 bits per heavy atom. The summed E-state index contributed by atoms with van der Waals surface area (Å²) >= 11 is 0. The molecule has 11 heteroatoms. The fourth-order valence-corrected chi connectivity index (χ4v) is 3.94. The lowest BCUT2D eigenvalue weighted by Gasteiger charge is -2.33. The molecule has 150 valence electrons. The molecule has 2 heterocycles. The van der Waals surface area contributed by atoms with Gasteiger partial charge in [-0.1, -0.05) is 19.3 Å². The van der Waals surface area contributed by atoms with Gasteiger partial charge in [0.2, 0.25) is 0 Å². The van der Waals surface area contributed by atoms with Gasteiger partial charge >= 0.3 is 0 Å². The highest BCUT2D eigenvalue weighted by molar-refractivity contribution is 7.90. The lowest BCUT2D eigenvalue weighted by Crippen LogP contribution is -2.35. The fraction of sp³-hybridized carbons (Fsp3) is 0.529. The van der Waals surface area contributed by atoms with Crippen LogP contribution in [0.1, 0.15) is 49.8 Å². The second-order valence-electron chi connectivity index (χ2n) is 6.81. The maximum Gasteiger partial charge on any atom is 0.283 e. The summed E-state index contributed by atoms with van der Waals surface area (Å²) in [7, 11) is -1.80. The predicted molar refractivity (Wildman–Crippen MR) is 97.2 cm³/mol. The zero-order valence-electron chi connectivity index (χ0n) is 15.5. The molecule has 2 aromatic heterocycles. The summed E-state index contributed by atoms with van der Waals surface area (Å²) in [5, 5.41) is 20.7. The second-order valence-corrected chi connectivity index (χ2v) is 8.78. The van der Waals surface area contributed by atoms with Crippen LogP contribution in [0.25, 0.3) is 5.82 Å². The number of anilines is 1. The van der Waals surface area contributed by atoms with Crippen molar-refractivity contribution in [3.05, 3.63) is 23.4 Å². The van der Waals surface area contributed by atoms with Crippen molar-refractivity contribution in [1.29, 1.82) is 5.26 Å². The van der Waals surface area contributed by atoms with Crippen molar-refractivity contribution in [2.75, 3.05) is 18.2 Å². The fourth-order valence-electron chi connectivity index (χ4n) is 3.44. The first-order chi connectivity index (χ1) is 13.2. The third-order valence-corrected chi connectivity index (χ3v) is 5.86. The smallest absolute Gasteiger partial charge is 0.283 e. The molecule has 8 nitrogen and oxygen atoms in total. The van der Waals surface area contributed by atoms with E-state index in [0.717, 1.165) is 43.0 Å². The number of nitrogens with zero attached hydrogens (tertiary/aromatic N) is 6. The molecule has 0 aromatic carbocycles. The molecule has 2 aromatic rings. The van der Waals surface area contributed by atoms with Gasteiger partial charge in [-0.2, -0.15) is 15.0 Å². The Morgan fingerprint density at radius 1 is 1.25 bits per heavy atom. The molecular weight excluding hydrogens is 390 g/mol. The van der Waals surface area contributed by atoms with E-state index in [2.05, 4.69) is 15.3 Å². The van der Waals surface area contributed by atoms with Crippen LogP contribution in [0.5, 0.6) is 0 Å². The van der Waals surface area contributed by atoms with Crippen molar-refractivity contribution in [2.24, 2.45) is 0 Å². The van der Waals surface area contributed by atoms with Gasteiger partial charge < -0.3 is 4.90 Å². The second kappa shape index (κ2) is 7.79. The van der Waals surface area contributed by atoms with Crippen LogP contribution in [0, 0.1) is 11.3 Å². The number of sulfone groups is 1. The van der Waals surface area contributed by atoms with Gasteiger partial charge in [-0.3, -0.25) is 0 Å². The van der Waals surface area contributed by atoms with E-state index in [9.17, 15) is 22.5 Å². The first kappa shape index (κ1) is 20.1. The van der Waals surface area contributed by atoms with Crippen molar-refractivity contribution in [1.82, 2.24) is 20.0 Å². The zero-order chi connectivity index (χ0) is 20.5. The molecule has 3 rings (SSSR count). The molecule has 0 saturated heterocycles. The number of nitriles is 1. The van der Waals surface area contributed by atoms with E-state index in [1.54, 1.807) is 11.9 Å². The Labute approximate surface area is 161 Å². The number of hydrogen-bond donors (Lipinski definition) is 0. The zero-order valence-corrected chi connectivity index (χ0v) is 16.3. The van der Waals surface area contributed by atoms with E-state index in [1.807, 2.05) is 6.07 Å². The maximum atomic E-state index is 13.5. The van der Waals surface area contributed by atoms with Gasteiger partial charge in [0.1, 0.15) is 17.3 Å². The molecule has 0 bridgehead atoms. The highest BCUT2D eigenvalue weighted by atomic mass is 32.2. The van der Waals surface area contributed by atoms with Crippen LogP contribution in [0.2, 0.25) is 0 Å². The van der Waals surface area contributed by atoms with Gasteiger partial charge in [-0.05, 0) is 25.0 Å². The number of halogens is 2. The summed E-state index contributed by atoms with van der Waals surface area (Å²) in [6, 6.07) is 4.50. The van der Waals surface area contributed by atoms with E-state index in [0.29, 0.717) is 0 Å². The van der Waals surface area contributed by atoms with E-state index < -0.39 is 22.0 Å². The molecule has 0 spiro atoms. The summed E-state index contributed by atoms with van der Waals surface area (Å²) in [5.74, 6) is 0.277. The van der Waals surface area contributed by atoms with E-state index >= 15 is 0 Å². The summed E-state index contributed by atoms with van der Waals surface area (Å²) in [4.78, 5) is 1.79. The third-order valence-electron chi connectivity index (χ3n) is 4.89. The van der Waals surface area contributed by atoms with Crippen LogP contribution in [-0.4, -0.2) is 47.7 Å². The molecule has 1 saturated carbocycles. The minimum atomic E-state index is -3.55. The number of alkyl halides is 2. The summed E-state index contributed by atoms with van der Waals surface area (Å²) in [6.45, 7) is 0. The Bertz CT molecular complexity index is 992. The van der Waals surface area contributed by atoms with Crippen LogP contribution < -0.4 is 4.90 Å². The highest BCUT2D eigenvalue weighted by Crippen LogP contribution is 2.34. The molecule has 0 aliphatic heterocycles. The van der Waals surface area contributed by atoms with Crippen LogP contribution in [0.3, 0.4) is 0 Å². The summed E-state index contributed by atoms with van der Waals surface area (Å²) in [5.41, 5.74) is -0.841. The number of aromatic nitrogens is 4. The van der Waals surface area contributed by atoms with Crippen molar-refractivity contribution < 1.29 is 17.2 Å². The van der Waals surface area contributed by atoms with Crippen molar-refractivity contribution in [3.8, 4) is 11.9 Å². The van der Waals surface area contributed by atoms with Gasteiger partial charge in [-0.25, -0.2) is 17.2 Å². The quantitative estimate of drug-likeness (QED) is 0.746. The largest absolute Gasteiger partial charge is 0.355 e. The van der Waals surface area contributed by atoms with Crippen molar-refractivity contribution in [3.63, 3.8) is 0 Å². The van der Waals surface area contributed by atoms with Crippen LogP contribution in [-0.2, 0) is 9.84 Å². The number of hydrogen-bond acceptors (Lipinski definition) is 7. The van der Waals surface area contributed by atoms with E-state index in [-0.39, 0.29) is 28.3 Å². The minimum absolute atomic E-state index is 0.0634. The van der Waals surface area contributed by atoms with Gasteiger partial charge in [0.25, 0.3) is 6.43 Å². The molecular formula is C17H20F2N6O2S. The molecule has 1 fully saturated rings.